The zero-order chi connectivity index (χ0) is 17.5. The van der Waals surface area contributed by atoms with Crippen LogP contribution in [0.5, 0.6) is 0 Å². The highest BCUT2D eigenvalue weighted by Gasteiger charge is 2.32. The topological polar surface area (TPSA) is 124 Å². The number of carbonyl (C=O) groups excluding carboxylic acids is 1. The number of Topliss-reactive ketones (excluding diaryl/α,β-unsaturated/α-hetero) is 1. The van der Waals surface area contributed by atoms with Crippen LogP contribution in [0.4, 0.5) is 5.82 Å². The fourth-order valence-electron chi connectivity index (χ4n) is 2.68. The van der Waals surface area contributed by atoms with Crippen molar-refractivity contribution >= 4 is 21.4 Å². The summed E-state index contributed by atoms with van der Waals surface area (Å²) in [7, 11) is 1.21. The van der Waals surface area contributed by atoms with Crippen LogP contribution in [0, 0.1) is 0 Å². The van der Waals surface area contributed by atoms with Crippen LogP contribution in [-0.2, 0) is 23.9 Å². The molecule has 1 atom stereocenters. The van der Waals surface area contributed by atoms with E-state index in [1.165, 1.54) is 14.1 Å². The average Bonchev–Trinajstić information content (AvgIpc) is 2.83. The number of likely N-dealkylation sites (N-methyl/N-ethyl adjacent to an activating group) is 1. The highest BCUT2D eigenvalue weighted by Crippen LogP contribution is 2.17. The molecule has 2 rings (SSSR count). The number of hydrogen-bond donors (Lipinski definition) is 1. The molecule has 128 valence electrons. The number of nitrogen functional groups attached to an aromatic ring is 1. The molecule has 1 unspecified atom stereocenters. The monoisotopic (exact) mass is 344 g/mol. The minimum absolute atomic E-state index is 0.00243. The highest BCUT2D eigenvalue weighted by molar-refractivity contribution is 7.91. The predicted molar refractivity (Wildman–Crippen MR) is 85.4 cm³/mol. The zero-order valence-electron chi connectivity index (χ0n) is 13.3. The summed E-state index contributed by atoms with van der Waals surface area (Å²) in [6.07, 6.45) is 0.451. The van der Waals surface area contributed by atoms with E-state index in [-0.39, 0.29) is 35.5 Å². The number of carbonyl (C=O) groups is 1. The lowest BCUT2D eigenvalue weighted by Crippen LogP contribution is -2.44. The van der Waals surface area contributed by atoms with Crippen molar-refractivity contribution in [1.29, 1.82) is 0 Å². The summed E-state index contributed by atoms with van der Waals surface area (Å²) in [4.78, 5) is 37.9. The van der Waals surface area contributed by atoms with Gasteiger partial charge in [0, 0.05) is 20.1 Å². The second-order valence-electron chi connectivity index (χ2n) is 5.86. The second kappa shape index (κ2) is 5.93. The van der Waals surface area contributed by atoms with Crippen LogP contribution in [0.25, 0.3) is 0 Å². The van der Waals surface area contributed by atoms with Crippen molar-refractivity contribution in [2.24, 2.45) is 14.1 Å². The number of sulfone groups is 1. The molecule has 0 amide bonds. The minimum atomic E-state index is -3.07. The minimum Gasteiger partial charge on any atom is -0.384 e. The van der Waals surface area contributed by atoms with E-state index < -0.39 is 26.9 Å². The molecule has 1 aromatic rings. The van der Waals surface area contributed by atoms with Gasteiger partial charge in [-0.2, -0.15) is 0 Å². The standard InChI is InChI=1S/C13H20N4O5S/c1-15(8-4-5-23(21,22)7-8)6-9(18)10-11(14)16(2)13(20)17(3)12(10)19/h8H,4-7,14H2,1-3H3. The van der Waals surface area contributed by atoms with Crippen molar-refractivity contribution in [2.75, 3.05) is 30.8 Å². The molecule has 1 saturated heterocycles. The van der Waals surface area contributed by atoms with Crippen molar-refractivity contribution < 1.29 is 13.2 Å². The number of anilines is 1. The maximum absolute atomic E-state index is 12.4. The van der Waals surface area contributed by atoms with E-state index in [2.05, 4.69) is 0 Å². The van der Waals surface area contributed by atoms with Crippen molar-refractivity contribution in [3.8, 4) is 0 Å². The molecule has 9 nitrogen and oxygen atoms in total. The van der Waals surface area contributed by atoms with Gasteiger partial charge in [0.15, 0.2) is 15.6 Å². The molecule has 0 radical (unpaired) electrons. The summed E-state index contributed by atoms with van der Waals surface area (Å²) in [5, 5.41) is 0. The van der Waals surface area contributed by atoms with Crippen LogP contribution in [0.15, 0.2) is 9.59 Å². The summed E-state index contributed by atoms with van der Waals surface area (Å²) in [5.41, 5.74) is 4.13. The van der Waals surface area contributed by atoms with E-state index in [9.17, 15) is 22.8 Å². The highest BCUT2D eigenvalue weighted by atomic mass is 32.2. The van der Waals surface area contributed by atoms with Gasteiger partial charge in [-0.1, -0.05) is 0 Å². The van der Waals surface area contributed by atoms with Crippen LogP contribution < -0.4 is 17.0 Å². The lowest BCUT2D eigenvalue weighted by atomic mass is 10.1. The van der Waals surface area contributed by atoms with Crippen molar-refractivity contribution in [1.82, 2.24) is 14.0 Å². The normalized spacial score (nSPS) is 20.1. The molecule has 2 heterocycles. The Morgan fingerprint density at radius 3 is 2.43 bits per heavy atom. The Hall–Kier alpha value is -1.94. The smallest absolute Gasteiger partial charge is 0.332 e. The maximum atomic E-state index is 12.4. The largest absolute Gasteiger partial charge is 0.384 e. The van der Waals surface area contributed by atoms with Crippen LogP contribution in [0.1, 0.15) is 16.8 Å². The van der Waals surface area contributed by atoms with Crippen molar-refractivity contribution in [3.63, 3.8) is 0 Å². The SMILES string of the molecule is CN(CC(=O)c1c(N)n(C)c(=O)n(C)c1=O)C1CCS(=O)(=O)C1. The van der Waals surface area contributed by atoms with Crippen molar-refractivity contribution in [2.45, 2.75) is 12.5 Å². The Labute approximate surface area is 133 Å². The van der Waals surface area contributed by atoms with E-state index in [4.69, 9.17) is 5.73 Å². The number of hydrogen-bond acceptors (Lipinski definition) is 7. The van der Waals surface area contributed by atoms with Gasteiger partial charge >= 0.3 is 5.69 Å². The van der Waals surface area contributed by atoms with Gasteiger partial charge in [0.1, 0.15) is 11.4 Å². The Kier molecular flexibility index (Phi) is 4.49. The van der Waals surface area contributed by atoms with Crippen LogP contribution in [0.2, 0.25) is 0 Å². The molecule has 0 saturated carbocycles. The van der Waals surface area contributed by atoms with E-state index in [0.29, 0.717) is 6.42 Å². The summed E-state index contributed by atoms with van der Waals surface area (Å²) in [6.45, 7) is -0.141. The Balaban J connectivity index is 2.29. The molecule has 2 N–H and O–H groups in total. The third-order valence-corrected chi connectivity index (χ3v) is 5.96. The summed E-state index contributed by atoms with van der Waals surface area (Å²) in [5.74, 6) is -0.627. The first-order valence-electron chi connectivity index (χ1n) is 7.04. The molecule has 1 aliphatic rings. The molecular weight excluding hydrogens is 324 g/mol. The first-order chi connectivity index (χ1) is 10.5. The van der Waals surface area contributed by atoms with E-state index in [1.54, 1.807) is 11.9 Å². The third-order valence-electron chi connectivity index (χ3n) is 4.21. The molecule has 0 aliphatic carbocycles. The van der Waals surface area contributed by atoms with Crippen LogP contribution in [0.3, 0.4) is 0 Å². The molecule has 23 heavy (non-hydrogen) atoms. The van der Waals surface area contributed by atoms with Gasteiger partial charge in [-0.25, -0.2) is 13.2 Å². The third kappa shape index (κ3) is 3.22. The Bertz CT molecular complexity index is 868. The Morgan fingerprint density at radius 2 is 1.91 bits per heavy atom. The molecule has 0 aromatic carbocycles. The van der Waals surface area contributed by atoms with Gasteiger partial charge in [-0.05, 0) is 13.5 Å². The van der Waals surface area contributed by atoms with Crippen molar-refractivity contribution in [3.05, 3.63) is 26.4 Å². The molecule has 10 heteroatoms. The van der Waals surface area contributed by atoms with Gasteiger partial charge in [0.25, 0.3) is 5.56 Å². The quantitative estimate of drug-likeness (QED) is 0.624. The first-order valence-corrected chi connectivity index (χ1v) is 8.86. The lowest BCUT2D eigenvalue weighted by Gasteiger charge is -2.22. The number of nitrogens with zero attached hydrogens (tertiary/aromatic N) is 3. The van der Waals surface area contributed by atoms with E-state index in [0.717, 1.165) is 9.13 Å². The number of ketones is 1. The fraction of sp³-hybridized carbons (Fsp3) is 0.615. The molecule has 1 aromatic heterocycles. The zero-order valence-corrected chi connectivity index (χ0v) is 14.1. The summed E-state index contributed by atoms with van der Waals surface area (Å²) in [6, 6.07) is -0.262. The number of rotatable bonds is 4. The van der Waals surface area contributed by atoms with Gasteiger partial charge in [0.2, 0.25) is 0 Å². The maximum Gasteiger partial charge on any atom is 0.332 e. The predicted octanol–water partition coefficient (Wildman–Crippen LogP) is -2.03. The molecule has 0 spiro atoms. The fourth-order valence-corrected chi connectivity index (χ4v) is 4.48. The second-order valence-corrected chi connectivity index (χ2v) is 8.09. The van der Waals surface area contributed by atoms with Crippen LogP contribution >= 0.6 is 0 Å². The molecule has 1 aliphatic heterocycles. The van der Waals surface area contributed by atoms with Gasteiger partial charge in [-0.15, -0.1) is 0 Å². The average molecular weight is 344 g/mol. The van der Waals surface area contributed by atoms with Crippen LogP contribution in [-0.4, -0.2) is 59.4 Å². The van der Waals surface area contributed by atoms with Gasteiger partial charge in [-0.3, -0.25) is 23.6 Å². The summed E-state index contributed by atoms with van der Waals surface area (Å²) < 4.78 is 24.9. The van der Waals surface area contributed by atoms with E-state index >= 15 is 0 Å². The summed E-state index contributed by atoms with van der Waals surface area (Å²) >= 11 is 0. The number of nitrogens with two attached hydrogens (primary N) is 1. The lowest BCUT2D eigenvalue weighted by molar-refractivity contribution is 0.0924. The number of aromatic nitrogens is 2. The molecular formula is C13H20N4O5S. The van der Waals surface area contributed by atoms with E-state index in [1.807, 2.05) is 0 Å². The van der Waals surface area contributed by atoms with Gasteiger partial charge in [0.05, 0.1) is 18.1 Å². The van der Waals surface area contributed by atoms with Gasteiger partial charge < -0.3 is 5.73 Å². The first kappa shape index (κ1) is 17.4. The molecule has 1 fully saturated rings. The Morgan fingerprint density at radius 1 is 1.30 bits per heavy atom. The molecule has 0 bridgehead atoms.